The largest absolute Gasteiger partial charge is 0.418 e. The van der Waals surface area contributed by atoms with Crippen molar-refractivity contribution in [3.05, 3.63) is 65.5 Å². The normalized spacial score (nSPS) is 18.9. The van der Waals surface area contributed by atoms with E-state index in [-0.39, 0.29) is 0 Å². The van der Waals surface area contributed by atoms with Crippen LogP contribution in [0.1, 0.15) is 18.1 Å². The van der Waals surface area contributed by atoms with Crippen molar-refractivity contribution >= 4 is 23.5 Å². The second-order valence-corrected chi connectivity index (χ2v) is 6.67. The van der Waals surface area contributed by atoms with Crippen LogP contribution in [-0.4, -0.2) is 29.3 Å². The van der Waals surface area contributed by atoms with Gasteiger partial charge in [0.15, 0.2) is 0 Å². The lowest BCUT2D eigenvalue weighted by Gasteiger charge is -2.22. The number of carbonyl (C=O) groups excluding carboxylic acids is 3. The van der Waals surface area contributed by atoms with Crippen LogP contribution in [-0.2, 0) is 21.3 Å². The molecule has 1 heterocycles. The number of para-hydroxylation sites is 1. The second kappa shape index (κ2) is 7.65. The van der Waals surface area contributed by atoms with Crippen LogP contribution in [0.5, 0.6) is 0 Å². The summed E-state index contributed by atoms with van der Waals surface area (Å²) >= 11 is 0. The van der Waals surface area contributed by atoms with Crippen molar-refractivity contribution in [3.8, 4) is 0 Å². The molecule has 30 heavy (non-hydrogen) atoms. The summed E-state index contributed by atoms with van der Waals surface area (Å²) in [5, 5.41) is 2.44. The highest BCUT2D eigenvalue weighted by atomic mass is 19.4. The number of imide groups is 1. The first-order valence-corrected chi connectivity index (χ1v) is 8.63. The summed E-state index contributed by atoms with van der Waals surface area (Å²) in [4.78, 5) is 37.7. The zero-order valence-electron chi connectivity index (χ0n) is 15.5. The third-order valence-corrected chi connectivity index (χ3v) is 4.57. The van der Waals surface area contributed by atoms with E-state index in [1.807, 2.05) is 5.43 Å². The van der Waals surface area contributed by atoms with Crippen LogP contribution in [0.4, 0.5) is 28.0 Å². The van der Waals surface area contributed by atoms with E-state index in [4.69, 9.17) is 0 Å². The minimum atomic E-state index is -4.64. The number of hydrazine groups is 1. The van der Waals surface area contributed by atoms with Crippen LogP contribution >= 0.6 is 0 Å². The van der Waals surface area contributed by atoms with E-state index >= 15 is 0 Å². The van der Waals surface area contributed by atoms with Crippen molar-refractivity contribution in [1.29, 1.82) is 0 Å². The Morgan fingerprint density at radius 1 is 1.10 bits per heavy atom. The minimum Gasteiger partial charge on any atom is -0.319 e. The van der Waals surface area contributed by atoms with Gasteiger partial charge in [-0.05, 0) is 36.8 Å². The van der Waals surface area contributed by atoms with E-state index in [0.29, 0.717) is 10.5 Å². The van der Waals surface area contributed by atoms with Crippen molar-refractivity contribution in [2.75, 3.05) is 12.0 Å². The van der Waals surface area contributed by atoms with Gasteiger partial charge in [0.2, 0.25) is 0 Å². The number of amides is 4. The maximum atomic E-state index is 13.1. The number of hydrogen-bond acceptors (Lipinski definition) is 4. The molecule has 1 aliphatic rings. The average Bonchev–Trinajstić information content (AvgIpc) is 2.90. The summed E-state index contributed by atoms with van der Waals surface area (Å²) < 4.78 is 52.1. The SMILES string of the molecule is CC1(c2ccc(F)cc2)NC(=O)N(CC(=O)NNc2ccccc2C(F)(F)F)C1=O. The fourth-order valence-electron chi connectivity index (χ4n) is 2.98. The fraction of sp³-hybridized carbons (Fsp3) is 0.211. The third-order valence-electron chi connectivity index (χ3n) is 4.57. The van der Waals surface area contributed by atoms with Gasteiger partial charge in [-0.1, -0.05) is 24.3 Å². The van der Waals surface area contributed by atoms with Gasteiger partial charge in [-0.25, -0.2) is 9.18 Å². The van der Waals surface area contributed by atoms with E-state index < -0.39 is 53.2 Å². The standard InChI is InChI=1S/C19H16F4N4O3/c1-18(11-6-8-12(20)9-7-11)16(29)27(17(30)24-18)10-15(28)26-25-14-5-3-2-4-13(14)19(21,22)23/h2-9,25H,10H2,1H3,(H,24,30)(H,26,28). The van der Waals surface area contributed by atoms with Crippen LogP contribution in [0.15, 0.2) is 48.5 Å². The average molecular weight is 424 g/mol. The number of benzene rings is 2. The Kier molecular flexibility index (Phi) is 5.38. The molecule has 3 N–H and O–H groups in total. The molecule has 11 heteroatoms. The number of alkyl halides is 3. The van der Waals surface area contributed by atoms with Crippen LogP contribution in [0.3, 0.4) is 0 Å². The smallest absolute Gasteiger partial charge is 0.319 e. The summed E-state index contributed by atoms with van der Waals surface area (Å²) in [6.07, 6.45) is -4.64. The molecule has 1 fully saturated rings. The molecule has 1 atom stereocenters. The van der Waals surface area contributed by atoms with Gasteiger partial charge in [0.1, 0.15) is 17.9 Å². The molecule has 0 aliphatic carbocycles. The predicted octanol–water partition coefficient (Wildman–Crippen LogP) is 2.75. The van der Waals surface area contributed by atoms with E-state index in [2.05, 4.69) is 10.7 Å². The van der Waals surface area contributed by atoms with Gasteiger partial charge >= 0.3 is 12.2 Å². The zero-order valence-corrected chi connectivity index (χ0v) is 15.5. The molecule has 1 aliphatic heterocycles. The van der Waals surface area contributed by atoms with Gasteiger partial charge in [-0.3, -0.25) is 25.3 Å². The number of anilines is 1. The molecular weight excluding hydrogens is 408 g/mol. The van der Waals surface area contributed by atoms with Gasteiger partial charge in [0.05, 0.1) is 11.3 Å². The molecule has 0 spiro atoms. The molecule has 2 aromatic rings. The van der Waals surface area contributed by atoms with Gasteiger partial charge < -0.3 is 5.32 Å². The van der Waals surface area contributed by atoms with Gasteiger partial charge in [0.25, 0.3) is 11.8 Å². The lowest BCUT2D eigenvalue weighted by molar-refractivity contribution is -0.137. The predicted molar refractivity (Wildman–Crippen MR) is 97.2 cm³/mol. The zero-order chi connectivity index (χ0) is 22.1. The van der Waals surface area contributed by atoms with Crippen LogP contribution in [0.25, 0.3) is 0 Å². The first kappa shape index (κ1) is 21.1. The monoisotopic (exact) mass is 424 g/mol. The van der Waals surface area contributed by atoms with Gasteiger partial charge in [-0.15, -0.1) is 0 Å². The Balaban J connectivity index is 1.68. The van der Waals surface area contributed by atoms with Crippen molar-refractivity contribution in [1.82, 2.24) is 15.6 Å². The van der Waals surface area contributed by atoms with Gasteiger partial charge in [0, 0.05) is 0 Å². The Morgan fingerprint density at radius 2 is 1.73 bits per heavy atom. The summed E-state index contributed by atoms with van der Waals surface area (Å²) in [6, 6.07) is 8.52. The highest BCUT2D eigenvalue weighted by molar-refractivity contribution is 6.09. The maximum Gasteiger partial charge on any atom is 0.418 e. The molecule has 1 unspecified atom stereocenters. The van der Waals surface area contributed by atoms with E-state index in [1.54, 1.807) is 0 Å². The van der Waals surface area contributed by atoms with E-state index in [9.17, 15) is 31.9 Å². The summed E-state index contributed by atoms with van der Waals surface area (Å²) in [5.74, 6) is -2.20. The minimum absolute atomic E-state index is 0.308. The van der Waals surface area contributed by atoms with Crippen LogP contribution in [0.2, 0.25) is 0 Å². The first-order valence-electron chi connectivity index (χ1n) is 8.63. The number of urea groups is 1. The molecule has 0 aromatic heterocycles. The fourth-order valence-corrected chi connectivity index (χ4v) is 2.98. The molecule has 1 saturated heterocycles. The molecule has 158 valence electrons. The highest BCUT2D eigenvalue weighted by Crippen LogP contribution is 2.34. The van der Waals surface area contributed by atoms with Gasteiger partial charge in [-0.2, -0.15) is 13.2 Å². The molecule has 3 rings (SSSR count). The Bertz CT molecular complexity index is 994. The number of rotatable bonds is 5. The molecule has 0 saturated carbocycles. The molecule has 4 amide bonds. The Morgan fingerprint density at radius 3 is 2.37 bits per heavy atom. The van der Waals surface area contributed by atoms with Crippen molar-refractivity contribution < 1.29 is 31.9 Å². The van der Waals surface area contributed by atoms with Crippen molar-refractivity contribution in [2.24, 2.45) is 0 Å². The number of halogens is 4. The van der Waals surface area contributed by atoms with Crippen LogP contribution in [0, 0.1) is 5.82 Å². The summed E-state index contributed by atoms with van der Waals surface area (Å²) in [6.45, 7) is 0.666. The Hall–Kier alpha value is -3.63. The summed E-state index contributed by atoms with van der Waals surface area (Å²) in [7, 11) is 0. The lowest BCUT2D eigenvalue weighted by atomic mass is 9.92. The van der Waals surface area contributed by atoms with Crippen LogP contribution < -0.4 is 16.2 Å². The topological polar surface area (TPSA) is 90.5 Å². The number of nitrogens with zero attached hydrogens (tertiary/aromatic N) is 1. The van der Waals surface area contributed by atoms with Crippen molar-refractivity contribution in [2.45, 2.75) is 18.6 Å². The number of nitrogens with one attached hydrogen (secondary N) is 3. The second-order valence-electron chi connectivity index (χ2n) is 6.67. The van der Waals surface area contributed by atoms with Crippen molar-refractivity contribution in [3.63, 3.8) is 0 Å². The molecule has 0 radical (unpaired) electrons. The van der Waals surface area contributed by atoms with E-state index in [0.717, 1.165) is 24.3 Å². The third kappa shape index (κ3) is 4.04. The quantitative estimate of drug-likeness (QED) is 0.391. The molecular formula is C19H16F4N4O3. The summed E-state index contributed by atoms with van der Waals surface area (Å²) in [5.41, 5.74) is 1.60. The molecule has 0 bridgehead atoms. The highest BCUT2D eigenvalue weighted by Gasteiger charge is 2.49. The lowest BCUT2D eigenvalue weighted by Crippen LogP contribution is -2.44. The first-order chi connectivity index (χ1) is 14.0. The molecule has 7 nitrogen and oxygen atoms in total. The maximum absolute atomic E-state index is 13.1. The number of carbonyl (C=O) groups is 3. The Labute approximate surface area is 168 Å². The molecule has 2 aromatic carbocycles. The number of hydrogen-bond donors (Lipinski definition) is 3. The van der Waals surface area contributed by atoms with E-state index in [1.165, 1.54) is 31.2 Å².